The van der Waals surface area contributed by atoms with Crippen molar-refractivity contribution < 1.29 is 23.8 Å². The molecule has 0 saturated carbocycles. The maximum atomic E-state index is 11.7. The summed E-state index contributed by atoms with van der Waals surface area (Å²) in [6, 6.07) is -0.210. The Labute approximate surface area is 125 Å². The van der Waals surface area contributed by atoms with Gasteiger partial charge in [0.1, 0.15) is 12.2 Å². The van der Waals surface area contributed by atoms with Crippen molar-refractivity contribution >= 4 is 12.1 Å². The predicted molar refractivity (Wildman–Crippen MR) is 76.8 cm³/mol. The number of nitrogens with two attached hydrogens (primary N) is 1. The fourth-order valence-electron chi connectivity index (χ4n) is 2.04. The molecule has 1 heterocycles. The summed E-state index contributed by atoms with van der Waals surface area (Å²) in [5.41, 5.74) is 5.42. The smallest absolute Gasteiger partial charge is 0.409 e. The van der Waals surface area contributed by atoms with Gasteiger partial charge in [0.05, 0.1) is 19.3 Å². The quantitative estimate of drug-likeness (QED) is 0.776. The van der Waals surface area contributed by atoms with Crippen molar-refractivity contribution in [3.63, 3.8) is 0 Å². The molecule has 2 unspecified atom stereocenters. The van der Waals surface area contributed by atoms with Crippen LogP contribution in [-0.4, -0.2) is 61.0 Å². The second-order valence-electron chi connectivity index (χ2n) is 6.03. The number of carbonyl (C=O) groups excluding carboxylic acids is 2. The maximum Gasteiger partial charge on any atom is 0.409 e. The van der Waals surface area contributed by atoms with Gasteiger partial charge in [0.25, 0.3) is 0 Å². The largest absolute Gasteiger partial charge is 0.458 e. The molecule has 122 valence electrons. The van der Waals surface area contributed by atoms with Crippen LogP contribution in [0.5, 0.6) is 0 Å². The number of hydrogen-bond acceptors (Lipinski definition) is 6. The van der Waals surface area contributed by atoms with Crippen molar-refractivity contribution in [2.24, 2.45) is 5.73 Å². The molecule has 2 atom stereocenters. The van der Waals surface area contributed by atoms with Gasteiger partial charge in [-0.3, -0.25) is 0 Å². The van der Waals surface area contributed by atoms with E-state index in [9.17, 15) is 9.59 Å². The Morgan fingerprint density at radius 3 is 2.57 bits per heavy atom. The molecule has 0 radical (unpaired) electrons. The van der Waals surface area contributed by atoms with E-state index in [4.69, 9.17) is 19.9 Å². The van der Waals surface area contributed by atoms with Crippen LogP contribution in [0.25, 0.3) is 0 Å². The summed E-state index contributed by atoms with van der Waals surface area (Å²) in [4.78, 5) is 24.9. The van der Waals surface area contributed by atoms with Crippen LogP contribution in [0.3, 0.4) is 0 Å². The first-order chi connectivity index (χ1) is 9.73. The van der Waals surface area contributed by atoms with Crippen LogP contribution in [0.15, 0.2) is 0 Å². The number of esters is 1. The van der Waals surface area contributed by atoms with Crippen molar-refractivity contribution in [2.45, 2.75) is 51.9 Å². The third-order valence-electron chi connectivity index (χ3n) is 2.97. The highest BCUT2D eigenvalue weighted by Crippen LogP contribution is 2.14. The highest BCUT2D eigenvalue weighted by Gasteiger charge is 2.31. The van der Waals surface area contributed by atoms with Crippen LogP contribution in [0.2, 0.25) is 0 Å². The van der Waals surface area contributed by atoms with Gasteiger partial charge < -0.3 is 24.8 Å². The Kier molecular flexibility index (Phi) is 6.42. The van der Waals surface area contributed by atoms with Crippen LogP contribution in [0.4, 0.5) is 4.79 Å². The molecule has 1 rings (SSSR count). The van der Waals surface area contributed by atoms with E-state index in [1.165, 1.54) is 0 Å². The Morgan fingerprint density at radius 1 is 1.33 bits per heavy atom. The lowest BCUT2D eigenvalue weighted by Gasteiger charge is -2.35. The fourth-order valence-corrected chi connectivity index (χ4v) is 2.04. The number of nitrogens with zero attached hydrogens (tertiary/aromatic N) is 1. The molecule has 0 aliphatic carbocycles. The number of likely N-dealkylation sites (tertiary alicyclic amines) is 1. The molecule has 0 aromatic carbocycles. The zero-order valence-corrected chi connectivity index (χ0v) is 13.3. The van der Waals surface area contributed by atoms with Crippen molar-refractivity contribution in [1.29, 1.82) is 0 Å². The SMILES string of the molecule is CCOC(=O)N1CCC(N)C(OCC(=O)OC(C)(C)C)C1. The summed E-state index contributed by atoms with van der Waals surface area (Å²) in [5.74, 6) is -0.442. The van der Waals surface area contributed by atoms with Crippen LogP contribution in [-0.2, 0) is 19.0 Å². The van der Waals surface area contributed by atoms with Crippen molar-refractivity contribution in [1.82, 2.24) is 4.90 Å². The van der Waals surface area contributed by atoms with Gasteiger partial charge in [-0.2, -0.15) is 0 Å². The highest BCUT2D eigenvalue weighted by molar-refractivity contribution is 5.71. The van der Waals surface area contributed by atoms with E-state index in [0.29, 0.717) is 26.1 Å². The lowest BCUT2D eigenvalue weighted by atomic mass is 10.0. The van der Waals surface area contributed by atoms with Crippen LogP contribution in [0, 0.1) is 0 Å². The van der Waals surface area contributed by atoms with Gasteiger partial charge in [-0.25, -0.2) is 9.59 Å². The number of ether oxygens (including phenoxy) is 3. The first kappa shape index (κ1) is 17.7. The lowest BCUT2D eigenvalue weighted by Crippen LogP contribution is -2.54. The molecule has 1 fully saturated rings. The molecule has 1 aliphatic heterocycles. The molecule has 0 aromatic heterocycles. The Hall–Kier alpha value is -1.34. The topological polar surface area (TPSA) is 91.1 Å². The monoisotopic (exact) mass is 302 g/mol. The minimum Gasteiger partial charge on any atom is -0.458 e. The van der Waals surface area contributed by atoms with E-state index in [1.807, 2.05) is 0 Å². The van der Waals surface area contributed by atoms with Gasteiger partial charge in [-0.15, -0.1) is 0 Å². The van der Waals surface area contributed by atoms with E-state index in [0.717, 1.165) is 0 Å². The standard InChI is InChI=1S/C14H26N2O5/c1-5-19-13(18)16-7-6-10(15)11(8-16)20-9-12(17)21-14(2,3)4/h10-11H,5-9,15H2,1-4H3. The Bertz CT molecular complexity index is 367. The summed E-state index contributed by atoms with van der Waals surface area (Å²) >= 11 is 0. The summed E-state index contributed by atoms with van der Waals surface area (Å²) in [6.07, 6.45) is -0.163. The van der Waals surface area contributed by atoms with Gasteiger partial charge in [0.2, 0.25) is 0 Å². The second-order valence-corrected chi connectivity index (χ2v) is 6.03. The van der Waals surface area contributed by atoms with Crippen molar-refractivity contribution in [3.8, 4) is 0 Å². The molecule has 1 aliphatic rings. The number of amides is 1. The van der Waals surface area contributed by atoms with Crippen LogP contribution in [0.1, 0.15) is 34.1 Å². The average molecular weight is 302 g/mol. The Balaban J connectivity index is 2.45. The molecule has 21 heavy (non-hydrogen) atoms. The molecule has 7 nitrogen and oxygen atoms in total. The van der Waals surface area contributed by atoms with Gasteiger partial charge >= 0.3 is 12.1 Å². The predicted octanol–water partition coefficient (Wildman–Crippen LogP) is 0.903. The molecular weight excluding hydrogens is 276 g/mol. The third kappa shape index (κ3) is 6.31. The number of hydrogen-bond donors (Lipinski definition) is 1. The number of rotatable bonds is 4. The molecule has 0 spiro atoms. The highest BCUT2D eigenvalue weighted by atomic mass is 16.6. The summed E-state index contributed by atoms with van der Waals surface area (Å²) in [5, 5.41) is 0. The minimum atomic E-state index is -0.550. The molecular formula is C14H26N2O5. The van der Waals surface area contributed by atoms with Crippen LogP contribution < -0.4 is 5.73 Å². The average Bonchev–Trinajstić information content (AvgIpc) is 2.36. The van der Waals surface area contributed by atoms with E-state index in [1.54, 1.807) is 32.6 Å². The maximum absolute atomic E-state index is 11.7. The van der Waals surface area contributed by atoms with Gasteiger partial charge in [0, 0.05) is 12.6 Å². The fraction of sp³-hybridized carbons (Fsp3) is 0.857. The molecule has 1 saturated heterocycles. The summed E-state index contributed by atoms with van der Waals surface area (Å²) < 4.78 is 15.6. The van der Waals surface area contributed by atoms with Crippen molar-refractivity contribution in [3.05, 3.63) is 0 Å². The zero-order valence-electron chi connectivity index (χ0n) is 13.3. The second kappa shape index (κ2) is 7.61. The zero-order chi connectivity index (χ0) is 16.0. The van der Waals surface area contributed by atoms with Crippen LogP contribution >= 0.6 is 0 Å². The van der Waals surface area contributed by atoms with E-state index < -0.39 is 17.7 Å². The lowest BCUT2D eigenvalue weighted by molar-refractivity contribution is -0.163. The Morgan fingerprint density at radius 2 is 2.00 bits per heavy atom. The van der Waals surface area contributed by atoms with E-state index >= 15 is 0 Å². The third-order valence-corrected chi connectivity index (χ3v) is 2.97. The summed E-state index contributed by atoms with van der Waals surface area (Å²) in [6.45, 7) is 8.13. The molecule has 2 N–H and O–H groups in total. The van der Waals surface area contributed by atoms with Crippen molar-refractivity contribution in [2.75, 3.05) is 26.3 Å². The first-order valence-electron chi connectivity index (χ1n) is 7.23. The minimum absolute atomic E-state index is 0.174. The van der Waals surface area contributed by atoms with Gasteiger partial charge in [-0.1, -0.05) is 0 Å². The van der Waals surface area contributed by atoms with Gasteiger partial charge in [-0.05, 0) is 34.1 Å². The summed E-state index contributed by atoms with van der Waals surface area (Å²) in [7, 11) is 0. The number of carbonyl (C=O) groups is 2. The first-order valence-corrected chi connectivity index (χ1v) is 7.23. The van der Waals surface area contributed by atoms with E-state index in [-0.39, 0.29) is 18.7 Å². The van der Waals surface area contributed by atoms with E-state index in [2.05, 4.69) is 0 Å². The normalized spacial score (nSPS) is 22.8. The molecule has 1 amide bonds. The molecule has 7 heteroatoms. The van der Waals surface area contributed by atoms with Gasteiger partial charge in [0.15, 0.2) is 0 Å². The molecule has 0 bridgehead atoms. The number of piperidine rings is 1. The molecule has 0 aromatic rings.